The van der Waals surface area contributed by atoms with Crippen molar-refractivity contribution < 1.29 is 19.1 Å². The molecule has 0 aliphatic rings. The summed E-state index contributed by atoms with van der Waals surface area (Å²) in [7, 11) is 0. The maximum Gasteiger partial charge on any atom is 0.348 e. The fourth-order valence-corrected chi connectivity index (χ4v) is 5.30. The molecule has 0 heterocycles. The molecule has 0 fully saturated rings. The van der Waals surface area contributed by atoms with Gasteiger partial charge in [0.15, 0.2) is 0 Å². The Morgan fingerprint density at radius 2 is 1.02 bits per heavy atom. The third-order valence-corrected chi connectivity index (χ3v) is 8.19. The molecule has 3 rings (SSSR count). The van der Waals surface area contributed by atoms with Crippen LogP contribution in [0, 0.1) is 22.7 Å². The van der Waals surface area contributed by atoms with Crippen LogP contribution in [0.5, 0.6) is 0 Å². The molecule has 49 heavy (non-hydrogen) atoms. The Morgan fingerprint density at radius 1 is 0.612 bits per heavy atom. The van der Waals surface area contributed by atoms with Crippen molar-refractivity contribution in [2.24, 2.45) is 0 Å². The number of esters is 2. The van der Waals surface area contributed by atoms with Gasteiger partial charge in [-0.3, -0.25) is 4.90 Å². The van der Waals surface area contributed by atoms with Gasteiger partial charge in [-0.05, 0) is 87.2 Å². The summed E-state index contributed by atoms with van der Waals surface area (Å²) < 4.78 is 11.0. The van der Waals surface area contributed by atoms with Gasteiger partial charge in [0.25, 0.3) is 0 Å². The largest absolute Gasteiger partial charge is 0.460 e. The molecule has 0 aromatic heterocycles. The summed E-state index contributed by atoms with van der Waals surface area (Å²) >= 11 is 0. The van der Waals surface area contributed by atoms with Crippen molar-refractivity contribution in [2.45, 2.75) is 34.1 Å². The predicted octanol–water partition coefficient (Wildman–Crippen LogP) is 6.52. The van der Waals surface area contributed by atoms with E-state index in [1.165, 1.54) is 12.2 Å². The molecule has 3 aromatic rings. The molecule has 0 aliphatic carbocycles. The van der Waals surface area contributed by atoms with E-state index in [2.05, 4.69) is 37.5 Å². The molecule has 0 saturated carbocycles. The number of carbonyl (C=O) groups excluding carboxylic acids is 2. The summed E-state index contributed by atoms with van der Waals surface area (Å²) in [6, 6.07) is 29.3. The summed E-state index contributed by atoms with van der Waals surface area (Å²) in [5.41, 5.74) is 4.59. The van der Waals surface area contributed by atoms with Crippen molar-refractivity contribution in [3.8, 4) is 12.1 Å². The first-order valence-corrected chi connectivity index (χ1v) is 16.9. The molecule has 0 spiro atoms. The molecule has 0 atom stereocenters. The van der Waals surface area contributed by atoms with Gasteiger partial charge in [-0.1, -0.05) is 54.6 Å². The Hall–Kier alpha value is -5.38. The van der Waals surface area contributed by atoms with Crippen LogP contribution in [0.25, 0.3) is 12.2 Å². The van der Waals surface area contributed by atoms with Crippen LogP contribution in [0.2, 0.25) is 0 Å². The van der Waals surface area contributed by atoms with E-state index in [4.69, 9.17) is 9.47 Å². The molecule has 0 unspecified atom stereocenters. The predicted molar refractivity (Wildman–Crippen MR) is 196 cm³/mol. The Labute approximate surface area is 291 Å². The maximum atomic E-state index is 12.8. The standard InChI is InChI=1S/C40H47N5O4/c1-5-44(6-2)37-18-14-33(15-19-37)28-35(30-41)39(46)48-26-24-43(23-22-32-12-10-9-11-13-32)25-27-49-40(47)36(31-42)29-34-16-20-38(21-17-34)45(7-3)8-4/h9-21,28-29H,5-8,22-27H2,1-4H3. The van der Waals surface area contributed by atoms with Crippen LogP contribution >= 0.6 is 0 Å². The van der Waals surface area contributed by atoms with Crippen LogP contribution in [0.1, 0.15) is 44.4 Å². The third-order valence-electron chi connectivity index (χ3n) is 8.19. The van der Waals surface area contributed by atoms with Gasteiger partial charge >= 0.3 is 11.9 Å². The number of ether oxygens (including phenoxy) is 2. The quantitative estimate of drug-likeness (QED) is 0.0805. The molecular formula is C40H47N5O4. The van der Waals surface area contributed by atoms with E-state index in [0.717, 1.165) is 60.7 Å². The number of nitriles is 2. The molecule has 0 saturated heterocycles. The zero-order chi connectivity index (χ0) is 35.4. The molecular weight excluding hydrogens is 614 g/mol. The molecule has 256 valence electrons. The second kappa shape index (κ2) is 20.8. The maximum absolute atomic E-state index is 12.8. The van der Waals surface area contributed by atoms with Gasteiger partial charge < -0.3 is 19.3 Å². The van der Waals surface area contributed by atoms with Gasteiger partial charge in [-0.2, -0.15) is 10.5 Å². The molecule has 0 N–H and O–H groups in total. The minimum Gasteiger partial charge on any atom is -0.460 e. The summed E-state index contributed by atoms with van der Waals surface area (Å²) in [6.45, 7) is 13.4. The molecule has 0 amide bonds. The van der Waals surface area contributed by atoms with Crippen molar-refractivity contribution >= 4 is 35.5 Å². The van der Waals surface area contributed by atoms with E-state index >= 15 is 0 Å². The van der Waals surface area contributed by atoms with Gasteiger partial charge in [-0.15, -0.1) is 0 Å². The number of hydrogen-bond acceptors (Lipinski definition) is 9. The fraction of sp³-hybridized carbons (Fsp3) is 0.350. The number of rotatable bonds is 19. The van der Waals surface area contributed by atoms with Gasteiger partial charge in [0.05, 0.1) is 0 Å². The minimum absolute atomic E-state index is 0.0499. The van der Waals surface area contributed by atoms with Gasteiger partial charge in [0.2, 0.25) is 0 Å². The smallest absolute Gasteiger partial charge is 0.348 e. The first-order valence-electron chi connectivity index (χ1n) is 16.9. The van der Waals surface area contributed by atoms with E-state index in [-0.39, 0.29) is 24.4 Å². The van der Waals surface area contributed by atoms with Crippen molar-refractivity contribution in [1.29, 1.82) is 10.5 Å². The van der Waals surface area contributed by atoms with E-state index < -0.39 is 11.9 Å². The van der Waals surface area contributed by atoms with E-state index in [1.54, 1.807) is 0 Å². The molecule has 9 heteroatoms. The highest BCUT2D eigenvalue weighted by Gasteiger charge is 2.15. The molecule has 0 bridgehead atoms. The van der Waals surface area contributed by atoms with Gasteiger partial charge in [0, 0.05) is 57.2 Å². The zero-order valence-electron chi connectivity index (χ0n) is 29.1. The SMILES string of the molecule is CCN(CC)c1ccc(C=C(C#N)C(=O)OCCN(CCOC(=O)C(C#N)=Cc2ccc(N(CC)CC)cc2)CCc2ccccc2)cc1. The Bertz CT molecular complexity index is 1510. The average Bonchev–Trinajstić information content (AvgIpc) is 3.14. The molecule has 0 aliphatic heterocycles. The number of nitrogens with zero attached hydrogens (tertiary/aromatic N) is 5. The number of hydrogen-bond donors (Lipinski definition) is 0. The fourth-order valence-electron chi connectivity index (χ4n) is 5.30. The lowest BCUT2D eigenvalue weighted by molar-refractivity contribution is -0.139. The van der Waals surface area contributed by atoms with Crippen LogP contribution in [0.4, 0.5) is 11.4 Å². The Kier molecular flexibility index (Phi) is 16.1. The van der Waals surface area contributed by atoms with Crippen molar-refractivity contribution in [3.63, 3.8) is 0 Å². The minimum atomic E-state index is -0.696. The topological polar surface area (TPSA) is 110 Å². The first kappa shape index (κ1) is 38.1. The molecule has 3 aromatic carbocycles. The van der Waals surface area contributed by atoms with E-state index in [9.17, 15) is 20.1 Å². The highest BCUT2D eigenvalue weighted by atomic mass is 16.5. The number of anilines is 2. The summed E-state index contributed by atoms with van der Waals surface area (Å²) in [5.74, 6) is -1.39. The summed E-state index contributed by atoms with van der Waals surface area (Å²) in [4.78, 5) is 32.1. The van der Waals surface area contributed by atoms with E-state index in [1.807, 2.05) is 95.9 Å². The monoisotopic (exact) mass is 661 g/mol. The van der Waals surface area contributed by atoms with Gasteiger partial charge in [-0.25, -0.2) is 9.59 Å². The first-order chi connectivity index (χ1) is 23.8. The highest BCUT2D eigenvalue weighted by molar-refractivity contribution is 5.98. The van der Waals surface area contributed by atoms with Crippen LogP contribution in [-0.4, -0.2) is 75.9 Å². The number of carbonyl (C=O) groups is 2. The van der Waals surface area contributed by atoms with Crippen LogP contribution in [0.15, 0.2) is 90.0 Å². The second-order valence-electron chi connectivity index (χ2n) is 11.2. The van der Waals surface area contributed by atoms with E-state index in [0.29, 0.717) is 19.6 Å². The van der Waals surface area contributed by atoms with Crippen LogP contribution < -0.4 is 9.80 Å². The van der Waals surface area contributed by atoms with Crippen LogP contribution in [0.3, 0.4) is 0 Å². The zero-order valence-corrected chi connectivity index (χ0v) is 29.1. The lowest BCUT2D eigenvalue weighted by atomic mass is 10.1. The molecule has 9 nitrogen and oxygen atoms in total. The van der Waals surface area contributed by atoms with Crippen molar-refractivity contribution in [3.05, 3.63) is 107 Å². The van der Waals surface area contributed by atoms with Crippen molar-refractivity contribution in [2.75, 3.05) is 68.8 Å². The lowest BCUT2D eigenvalue weighted by Gasteiger charge is -2.22. The lowest BCUT2D eigenvalue weighted by Crippen LogP contribution is -2.34. The normalized spacial score (nSPS) is 11.4. The summed E-state index contributed by atoms with van der Waals surface area (Å²) in [5, 5.41) is 19.3. The third kappa shape index (κ3) is 12.3. The van der Waals surface area contributed by atoms with Gasteiger partial charge in [0.1, 0.15) is 36.5 Å². The average molecular weight is 662 g/mol. The highest BCUT2D eigenvalue weighted by Crippen LogP contribution is 2.18. The van der Waals surface area contributed by atoms with Crippen molar-refractivity contribution in [1.82, 2.24) is 4.90 Å². The molecule has 0 radical (unpaired) electrons. The van der Waals surface area contributed by atoms with Crippen LogP contribution in [-0.2, 0) is 25.5 Å². The summed E-state index contributed by atoms with van der Waals surface area (Å²) in [6.07, 6.45) is 3.80. The number of benzene rings is 3. The Balaban J connectivity index is 1.59. The second-order valence-corrected chi connectivity index (χ2v) is 11.2. The Morgan fingerprint density at radius 3 is 1.39 bits per heavy atom.